The van der Waals surface area contributed by atoms with E-state index in [4.69, 9.17) is 5.11 Å². The normalized spacial score (nSPS) is 11.3. The number of benzene rings is 1. The van der Waals surface area contributed by atoms with Crippen LogP contribution in [0.1, 0.15) is 10.4 Å². The lowest BCUT2D eigenvalue weighted by Crippen LogP contribution is -2.49. The molecule has 1 rings (SSSR count). The number of nitrogens with one attached hydrogen (secondary N) is 1. The lowest BCUT2D eigenvalue weighted by atomic mass is 10.0. The van der Waals surface area contributed by atoms with Gasteiger partial charge in [0.05, 0.1) is 31.1 Å². The molecule has 0 saturated carbocycles. The molecule has 0 saturated heterocycles. The zero-order chi connectivity index (χ0) is 13.8. The molecule has 0 atom stereocenters. The number of aliphatic hydroxyl groups excluding tert-OH is 3. The first-order chi connectivity index (χ1) is 8.49. The van der Waals surface area contributed by atoms with E-state index < -0.39 is 31.3 Å². The van der Waals surface area contributed by atoms with E-state index in [1.807, 2.05) is 0 Å². The highest BCUT2D eigenvalue weighted by Crippen LogP contribution is 2.27. The predicted octanol–water partition coefficient (Wildman–Crippen LogP) is 0.275. The molecule has 0 heterocycles. The summed E-state index contributed by atoms with van der Waals surface area (Å²) in [7, 11) is 0. The quantitative estimate of drug-likeness (QED) is 0.515. The second-order valence-corrected chi connectivity index (χ2v) is 4.70. The predicted molar refractivity (Wildman–Crippen MR) is 68.7 cm³/mol. The number of anilines is 1. The van der Waals surface area contributed by atoms with E-state index in [0.717, 1.165) is 0 Å². The van der Waals surface area contributed by atoms with Crippen molar-refractivity contribution in [1.82, 2.24) is 0 Å². The summed E-state index contributed by atoms with van der Waals surface area (Å²) in [5, 5.41) is 39.4. The third-order valence-electron chi connectivity index (χ3n) is 2.54. The molecule has 5 N–H and O–H groups in total. The molecule has 0 aromatic heterocycles. The summed E-state index contributed by atoms with van der Waals surface area (Å²) in [6.07, 6.45) is 0. The highest BCUT2D eigenvalue weighted by molar-refractivity contribution is 9.10. The lowest BCUT2D eigenvalue weighted by Gasteiger charge is -2.30. The fourth-order valence-corrected chi connectivity index (χ4v) is 1.94. The van der Waals surface area contributed by atoms with Gasteiger partial charge in [0.2, 0.25) is 0 Å². The summed E-state index contributed by atoms with van der Waals surface area (Å²) >= 11 is 3.11. The van der Waals surface area contributed by atoms with Gasteiger partial charge in [0.1, 0.15) is 5.54 Å². The molecule has 0 unspecified atom stereocenters. The van der Waals surface area contributed by atoms with Gasteiger partial charge in [0.25, 0.3) is 0 Å². The number of hydrogen-bond acceptors (Lipinski definition) is 5. The topological polar surface area (TPSA) is 110 Å². The Balaban J connectivity index is 3.18. The molecule has 1 aromatic carbocycles. The van der Waals surface area contributed by atoms with E-state index in [1.54, 1.807) is 12.1 Å². The highest BCUT2D eigenvalue weighted by Gasteiger charge is 2.29. The molecule has 0 bridgehead atoms. The van der Waals surface area contributed by atoms with E-state index in [1.165, 1.54) is 6.07 Å². The van der Waals surface area contributed by atoms with Gasteiger partial charge in [-0.05, 0) is 28.1 Å². The van der Waals surface area contributed by atoms with Gasteiger partial charge in [-0.3, -0.25) is 0 Å². The fraction of sp³-hybridized carbons (Fsp3) is 0.364. The van der Waals surface area contributed by atoms with Crippen LogP contribution in [0.2, 0.25) is 0 Å². The Morgan fingerprint density at radius 2 is 1.78 bits per heavy atom. The van der Waals surface area contributed by atoms with Gasteiger partial charge in [0, 0.05) is 4.47 Å². The monoisotopic (exact) mass is 319 g/mol. The number of carboxylic acids is 1. The first-order valence-corrected chi connectivity index (χ1v) is 5.91. The largest absolute Gasteiger partial charge is 0.478 e. The van der Waals surface area contributed by atoms with Crippen LogP contribution in [0.15, 0.2) is 22.7 Å². The summed E-state index contributed by atoms with van der Waals surface area (Å²) in [6.45, 7) is -1.61. The molecule has 18 heavy (non-hydrogen) atoms. The van der Waals surface area contributed by atoms with E-state index >= 15 is 0 Å². The van der Waals surface area contributed by atoms with E-state index in [9.17, 15) is 20.1 Å². The number of halogens is 1. The van der Waals surface area contributed by atoms with Gasteiger partial charge in [-0.25, -0.2) is 4.79 Å². The molecular formula is C11H14BrNO5. The van der Waals surface area contributed by atoms with E-state index in [-0.39, 0.29) is 11.3 Å². The highest BCUT2D eigenvalue weighted by atomic mass is 79.9. The number of carboxylic acid groups (broad SMARTS) is 1. The maximum atomic E-state index is 11.1. The second kappa shape index (κ2) is 6.14. The average Bonchev–Trinajstić information content (AvgIpc) is 2.35. The van der Waals surface area contributed by atoms with Crippen LogP contribution in [0, 0.1) is 0 Å². The Morgan fingerprint density at radius 1 is 1.22 bits per heavy atom. The second-order valence-electron chi connectivity index (χ2n) is 3.85. The smallest absolute Gasteiger partial charge is 0.338 e. The number of rotatable bonds is 6. The molecule has 0 radical (unpaired) electrons. The maximum Gasteiger partial charge on any atom is 0.338 e. The van der Waals surface area contributed by atoms with Crippen molar-refractivity contribution in [2.24, 2.45) is 0 Å². The van der Waals surface area contributed by atoms with Gasteiger partial charge in [-0.1, -0.05) is 6.07 Å². The molecular weight excluding hydrogens is 306 g/mol. The van der Waals surface area contributed by atoms with Gasteiger partial charge >= 0.3 is 5.97 Å². The Labute approximate surface area is 112 Å². The van der Waals surface area contributed by atoms with Gasteiger partial charge in [0.15, 0.2) is 0 Å². The standard InChI is InChI=1S/C11H14BrNO5/c12-7-2-1-3-8(9(7)10(17)18)13-11(4-14,5-15)6-16/h1-3,13-16H,4-6H2,(H,17,18). The molecule has 1 aromatic rings. The van der Waals surface area contributed by atoms with Crippen LogP contribution >= 0.6 is 15.9 Å². The Hall–Kier alpha value is -1.15. The summed E-state index contributed by atoms with van der Waals surface area (Å²) in [5.74, 6) is -1.16. The van der Waals surface area contributed by atoms with Crippen molar-refractivity contribution in [3.8, 4) is 0 Å². The van der Waals surface area contributed by atoms with Gasteiger partial charge < -0.3 is 25.7 Å². The third-order valence-corrected chi connectivity index (χ3v) is 3.20. The molecule has 0 aliphatic carbocycles. The van der Waals surface area contributed by atoms with Crippen molar-refractivity contribution < 1.29 is 25.2 Å². The molecule has 0 fully saturated rings. The maximum absolute atomic E-state index is 11.1. The summed E-state index contributed by atoms with van der Waals surface area (Å²) in [6, 6.07) is 4.66. The van der Waals surface area contributed by atoms with Crippen LogP contribution in [0.25, 0.3) is 0 Å². The third kappa shape index (κ3) is 2.99. The van der Waals surface area contributed by atoms with Gasteiger partial charge in [-0.2, -0.15) is 0 Å². The molecule has 7 heteroatoms. The van der Waals surface area contributed by atoms with Crippen LogP contribution in [0.5, 0.6) is 0 Å². The van der Waals surface area contributed by atoms with Crippen molar-refractivity contribution in [2.45, 2.75) is 5.54 Å². The molecule has 0 spiro atoms. The fourth-order valence-electron chi connectivity index (χ4n) is 1.40. The van der Waals surface area contributed by atoms with Crippen LogP contribution in [-0.4, -0.2) is 51.8 Å². The van der Waals surface area contributed by atoms with Crippen molar-refractivity contribution in [3.05, 3.63) is 28.2 Å². The van der Waals surface area contributed by atoms with Crippen molar-refractivity contribution in [2.75, 3.05) is 25.1 Å². The van der Waals surface area contributed by atoms with E-state index in [0.29, 0.717) is 4.47 Å². The number of carbonyl (C=O) groups is 1. The molecule has 0 aliphatic heterocycles. The van der Waals surface area contributed by atoms with Crippen LogP contribution in [0.4, 0.5) is 5.69 Å². The first-order valence-electron chi connectivity index (χ1n) is 5.12. The van der Waals surface area contributed by atoms with Crippen molar-refractivity contribution in [3.63, 3.8) is 0 Å². The number of hydrogen-bond donors (Lipinski definition) is 5. The Kier molecular flexibility index (Phi) is 5.09. The molecule has 0 aliphatic rings. The van der Waals surface area contributed by atoms with Crippen LogP contribution < -0.4 is 5.32 Å². The minimum absolute atomic E-state index is 0.0303. The SMILES string of the molecule is O=C(O)c1c(Br)cccc1NC(CO)(CO)CO. The minimum atomic E-state index is -1.37. The van der Waals surface area contributed by atoms with Crippen LogP contribution in [-0.2, 0) is 0 Å². The zero-order valence-corrected chi connectivity index (χ0v) is 11.0. The number of aromatic carboxylic acids is 1. The van der Waals surface area contributed by atoms with Crippen molar-refractivity contribution >= 4 is 27.6 Å². The summed E-state index contributed by atoms with van der Waals surface area (Å²) < 4.78 is 0.364. The van der Waals surface area contributed by atoms with E-state index in [2.05, 4.69) is 21.2 Å². The van der Waals surface area contributed by atoms with Crippen molar-refractivity contribution in [1.29, 1.82) is 0 Å². The zero-order valence-electron chi connectivity index (χ0n) is 9.43. The minimum Gasteiger partial charge on any atom is -0.478 e. The number of aliphatic hydroxyl groups is 3. The lowest BCUT2D eigenvalue weighted by molar-refractivity contribution is 0.0691. The van der Waals surface area contributed by atoms with Crippen LogP contribution in [0.3, 0.4) is 0 Å². The summed E-state index contributed by atoms with van der Waals surface area (Å²) in [4.78, 5) is 11.1. The van der Waals surface area contributed by atoms with Gasteiger partial charge in [-0.15, -0.1) is 0 Å². The molecule has 0 amide bonds. The first kappa shape index (κ1) is 14.9. The molecule has 100 valence electrons. The Bertz CT molecular complexity index is 425. The molecule has 6 nitrogen and oxygen atoms in total. The Morgan fingerprint density at radius 3 is 2.22 bits per heavy atom. The summed E-state index contributed by atoms with van der Waals surface area (Å²) in [5.41, 5.74) is -1.20. The average molecular weight is 320 g/mol.